The van der Waals surface area contributed by atoms with Crippen LogP contribution in [0.1, 0.15) is 65.6 Å². The molecule has 2 rings (SSSR count). The maximum atomic E-state index is 4.47. The van der Waals surface area contributed by atoms with E-state index in [0.717, 1.165) is 31.3 Å². The van der Waals surface area contributed by atoms with Crippen LogP contribution in [0.25, 0.3) is 0 Å². The summed E-state index contributed by atoms with van der Waals surface area (Å²) in [7, 11) is 0. The van der Waals surface area contributed by atoms with Gasteiger partial charge in [0.2, 0.25) is 0 Å². The van der Waals surface area contributed by atoms with Crippen molar-refractivity contribution in [1.29, 1.82) is 0 Å². The van der Waals surface area contributed by atoms with Crippen molar-refractivity contribution in [3.05, 3.63) is 12.2 Å². The van der Waals surface area contributed by atoms with Gasteiger partial charge in [0, 0.05) is 19.0 Å². The number of hydrogen-bond acceptors (Lipinski definition) is 3. The molecule has 120 valence electrons. The maximum Gasteiger partial charge on any atom is 0.138 e. The van der Waals surface area contributed by atoms with Gasteiger partial charge in [-0.05, 0) is 56.9 Å². The number of rotatable bonds is 7. The van der Waals surface area contributed by atoms with Crippen LogP contribution in [-0.4, -0.2) is 27.4 Å². The second-order valence-corrected chi connectivity index (χ2v) is 7.26. The normalized spacial score (nSPS) is 20.6. The molecule has 1 aliphatic rings. The van der Waals surface area contributed by atoms with E-state index < -0.39 is 0 Å². The largest absolute Gasteiger partial charge is 0.313 e. The molecule has 21 heavy (non-hydrogen) atoms. The molecule has 0 bridgehead atoms. The molecule has 1 atom stereocenters. The topological polar surface area (TPSA) is 42.7 Å². The summed E-state index contributed by atoms with van der Waals surface area (Å²) in [6, 6.07) is 0.551. The predicted molar refractivity (Wildman–Crippen MR) is 87.2 cm³/mol. The third-order valence-electron chi connectivity index (χ3n) is 5.01. The summed E-state index contributed by atoms with van der Waals surface area (Å²) >= 11 is 0. The van der Waals surface area contributed by atoms with Gasteiger partial charge in [0.05, 0.1) is 0 Å². The molecular weight excluding hydrogens is 260 g/mol. The molecular formula is C17H32N4. The summed E-state index contributed by atoms with van der Waals surface area (Å²) in [4.78, 5) is 4.47. The number of aryl methyl sites for hydroxylation is 1. The fourth-order valence-corrected chi connectivity index (χ4v) is 3.47. The molecule has 0 amide bonds. The van der Waals surface area contributed by atoms with Crippen LogP contribution < -0.4 is 5.32 Å². The molecule has 0 saturated heterocycles. The predicted octanol–water partition coefficient (Wildman–Crippen LogP) is 3.43. The van der Waals surface area contributed by atoms with Gasteiger partial charge in [-0.15, -0.1) is 0 Å². The average molecular weight is 292 g/mol. The van der Waals surface area contributed by atoms with Crippen molar-refractivity contribution in [3.63, 3.8) is 0 Å². The Morgan fingerprint density at radius 1 is 1.33 bits per heavy atom. The quantitative estimate of drug-likeness (QED) is 0.837. The van der Waals surface area contributed by atoms with Crippen LogP contribution in [-0.2, 0) is 13.0 Å². The van der Waals surface area contributed by atoms with Gasteiger partial charge in [0.1, 0.15) is 12.2 Å². The van der Waals surface area contributed by atoms with Gasteiger partial charge in [0.25, 0.3) is 0 Å². The fourth-order valence-electron chi connectivity index (χ4n) is 3.47. The summed E-state index contributed by atoms with van der Waals surface area (Å²) in [6.45, 7) is 11.2. The summed E-state index contributed by atoms with van der Waals surface area (Å²) < 4.78 is 2.04. The van der Waals surface area contributed by atoms with E-state index in [4.69, 9.17) is 0 Å². The number of aromatic nitrogens is 3. The zero-order chi connectivity index (χ0) is 15.3. The summed E-state index contributed by atoms with van der Waals surface area (Å²) in [5.41, 5.74) is 0.537. The highest BCUT2D eigenvalue weighted by Gasteiger charge is 2.31. The highest BCUT2D eigenvalue weighted by atomic mass is 15.3. The SMILES string of the molecule is CCCNC(Cc1ncnn1CC)C1CCC(C)(C)CC1. The van der Waals surface area contributed by atoms with Crippen LogP contribution >= 0.6 is 0 Å². The molecule has 1 saturated carbocycles. The molecule has 0 radical (unpaired) electrons. The average Bonchev–Trinajstić information content (AvgIpc) is 2.91. The zero-order valence-electron chi connectivity index (χ0n) is 14.2. The van der Waals surface area contributed by atoms with Crippen molar-refractivity contribution in [1.82, 2.24) is 20.1 Å². The van der Waals surface area contributed by atoms with Crippen LogP contribution in [0, 0.1) is 11.3 Å². The lowest BCUT2D eigenvalue weighted by Crippen LogP contribution is -2.41. The first kappa shape index (κ1) is 16.5. The third kappa shape index (κ3) is 4.53. The number of nitrogens with zero attached hydrogens (tertiary/aromatic N) is 3. The molecule has 0 spiro atoms. The Kier molecular flexibility index (Phi) is 5.80. The second-order valence-electron chi connectivity index (χ2n) is 7.26. The smallest absolute Gasteiger partial charge is 0.138 e. The highest BCUT2D eigenvalue weighted by Crippen LogP contribution is 2.39. The molecule has 1 N–H and O–H groups in total. The minimum Gasteiger partial charge on any atom is -0.313 e. The Morgan fingerprint density at radius 2 is 2.05 bits per heavy atom. The molecule has 1 unspecified atom stereocenters. The van der Waals surface area contributed by atoms with Gasteiger partial charge in [-0.2, -0.15) is 5.10 Å². The van der Waals surface area contributed by atoms with Crippen molar-refractivity contribution in [2.24, 2.45) is 11.3 Å². The van der Waals surface area contributed by atoms with Gasteiger partial charge in [-0.25, -0.2) is 4.98 Å². The highest BCUT2D eigenvalue weighted by molar-refractivity contribution is 4.94. The van der Waals surface area contributed by atoms with Crippen molar-refractivity contribution in [2.45, 2.75) is 78.8 Å². The molecule has 1 aromatic rings. The van der Waals surface area contributed by atoms with E-state index in [9.17, 15) is 0 Å². The monoisotopic (exact) mass is 292 g/mol. The third-order valence-corrected chi connectivity index (χ3v) is 5.01. The first-order valence-electron chi connectivity index (χ1n) is 8.66. The van der Waals surface area contributed by atoms with E-state index in [-0.39, 0.29) is 0 Å². The second kappa shape index (κ2) is 7.39. The molecule has 4 heteroatoms. The molecule has 1 aromatic heterocycles. The van der Waals surface area contributed by atoms with E-state index >= 15 is 0 Å². The van der Waals surface area contributed by atoms with Crippen LogP contribution in [0.3, 0.4) is 0 Å². The standard InChI is InChI=1S/C17H32N4/c1-5-11-18-15(12-16-19-13-20-21(16)6-2)14-7-9-17(3,4)10-8-14/h13-15,18H,5-12H2,1-4H3. The molecule has 0 aliphatic heterocycles. The lowest BCUT2D eigenvalue weighted by atomic mass is 9.70. The van der Waals surface area contributed by atoms with Gasteiger partial charge in [0.15, 0.2) is 0 Å². The summed E-state index contributed by atoms with van der Waals surface area (Å²) in [5, 5.41) is 8.09. The molecule has 1 aliphatic carbocycles. The first-order chi connectivity index (χ1) is 10.1. The van der Waals surface area contributed by atoms with E-state index in [1.807, 2.05) is 4.68 Å². The number of hydrogen-bond donors (Lipinski definition) is 1. The van der Waals surface area contributed by atoms with E-state index in [2.05, 4.69) is 43.1 Å². The number of nitrogens with one attached hydrogen (secondary N) is 1. The Balaban J connectivity index is 2.01. The molecule has 4 nitrogen and oxygen atoms in total. The fraction of sp³-hybridized carbons (Fsp3) is 0.882. The van der Waals surface area contributed by atoms with Crippen molar-refractivity contribution in [3.8, 4) is 0 Å². The first-order valence-corrected chi connectivity index (χ1v) is 8.66. The van der Waals surface area contributed by atoms with Gasteiger partial charge >= 0.3 is 0 Å². The lowest BCUT2D eigenvalue weighted by molar-refractivity contribution is 0.159. The molecule has 1 heterocycles. The van der Waals surface area contributed by atoms with E-state index in [0.29, 0.717) is 11.5 Å². The summed E-state index contributed by atoms with van der Waals surface area (Å²) in [5.74, 6) is 1.92. The van der Waals surface area contributed by atoms with Crippen LogP contribution in [0.15, 0.2) is 6.33 Å². The Morgan fingerprint density at radius 3 is 2.67 bits per heavy atom. The van der Waals surface area contributed by atoms with Crippen molar-refractivity contribution >= 4 is 0 Å². The van der Waals surface area contributed by atoms with Crippen LogP contribution in [0.2, 0.25) is 0 Å². The summed E-state index contributed by atoms with van der Waals surface area (Å²) in [6.07, 6.45) is 9.28. The minimum absolute atomic E-state index is 0.537. The molecule has 0 aromatic carbocycles. The Labute approximate surface area is 129 Å². The van der Waals surface area contributed by atoms with Crippen molar-refractivity contribution < 1.29 is 0 Å². The van der Waals surface area contributed by atoms with Crippen LogP contribution in [0.5, 0.6) is 0 Å². The van der Waals surface area contributed by atoms with Gasteiger partial charge in [-0.1, -0.05) is 20.8 Å². The Hall–Kier alpha value is -0.900. The van der Waals surface area contributed by atoms with Gasteiger partial charge < -0.3 is 5.32 Å². The van der Waals surface area contributed by atoms with Crippen LogP contribution in [0.4, 0.5) is 0 Å². The zero-order valence-corrected chi connectivity index (χ0v) is 14.2. The maximum absolute atomic E-state index is 4.47. The van der Waals surface area contributed by atoms with E-state index in [1.165, 1.54) is 32.1 Å². The van der Waals surface area contributed by atoms with Crippen molar-refractivity contribution in [2.75, 3.05) is 6.54 Å². The minimum atomic E-state index is 0.537. The lowest BCUT2D eigenvalue weighted by Gasteiger charge is -2.38. The van der Waals surface area contributed by atoms with E-state index in [1.54, 1.807) is 6.33 Å². The Bertz CT molecular complexity index is 414. The van der Waals surface area contributed by atoms with Gasteiger partial charge in [-0.3, -0.25) is 4.68 Å². The molecule has 1 fully saturated rings.